The molecule has 0 N–H and O–H groups in total. The predicted octanol–water partition coefficient (Wildman–Crippen LogP) is 19.5. The van der Waals surface area contributed by atoms with Gasteiger partial charge in [0.1, 0.15) is 11.3 Å². The van der Waals surface area contributed by atoms with E-state index < -0.39 is 5.41 Å². The van der Waals surface area contributed by atoms with Crippen molar-refractivity contribution in [3.05, 3.63) is 249 Å². The maximum absolute atomic E-state index is 7.42. The number of rotatable bonds is 6. The fourth-order valence-electron chi connectivity index (χ4n) is 12.6. The third kappa shape index (κ3) is 7.52. The van der Waals surface area contributed by atoms with E-state index in [-0.39, 0.29) is 27.7 Å². The first-order chi connectivity index (χ1) is 35.2. The number of hydrogen-bond acceptors (Lipinski definition) is 3. The van der Waals surface area contributed by atoms with Gasteiger partial charge in [-0.25, -0.2) is 0 Å². The van der Waals surface area contributed by atoms with Gasteiger partial charge in [0.15, 0.2) is 0 Å². The molecule has 74 heavy (non-hydrogen) atoms. The Kier molecular flexibility index (Phi) is 10.8. The van der Waals surface area contributed by atoms with E-state index in [4.69, 9.17) is 4.42 Å². The molecule has 3 heteroatoms. The molecule has 9 aromatic rings. The Bertz CT molecular complexity index is 3490. The highest BCUT2D eigenvalue weighted by atomic mass is 16.3. The topological polar surface area (TPSA) is 19.6 Å². The van der Waals surface area contributed by atoms with E-state index in [0.717, 1.165) is 51.6 Å². The lowest BCUT2D eigenvalue weighted by atomic mass is 9.66. The van der Waals surface area contributed by atoms with Gasteiger partial charge in [-0.1, -0.05) is 204 Å². The second-order valence-corrected chi connectivity index (χ2v) is 25.4. The van der Waals surface area contributed by atoms with Crippen LogP contribution in [0, 0.1) is 0 Å². The number of benzene rings is 8. The summed E-state index contributed by atoms with van der Waals surface area (Å²) in [5.74, 6) is 0.972. The van der Waals surface area contributed by atoms with Crippen molar-refractivity contribution in [2.45, 2.75) is 123 Å². The van der Waals surface area contributed by atoms with Crippen LogP contribution in [0.2, 0.25) is 0 Å². The quantitative estimate of drug-likeness (QED) is 0.166. The molecule has 0 saturated carbocycles. The number of fused-ring (bicyclic) bond motifs is 13. The summed E-state index contributed by atoms with van der Waals surface area (Å²) in [7, 11) is 0. The van der Waals surface area contributed by atoms with Gasteiger partial charge in [-0.15, -0.1) is 0 Å². The summed E-state index contributed by atoms with van der Waals surface area (Å²) in [6.45, 7) is 27.5. The smallest absolute Gasteiger partial charge is 0.141 e. The van der Waals surface area contributed by atoms with Gasteiger partial charge in [0, 0.05) is 45.0 Å². The van der Waals surface area contributed by atoms with Crippen LogP contribution in [0.4, 0.5) is 28.4 Å². The summed E-state index contributed by atoms with van der Waals surface area (Å²) < 4.78 is 7.42. The largest absolute Gasteiger partial charge is 0.456 e. The number of anilines is 5. The fourth-order valence-corrected chi connectivity index (χ4v) is 12.6. The van der Waals surface area contributed by atoms with Gasteiger partial charge < -0.3 is 14.2 Å². The van der Waals surface area contributed by atoms with Gasteiger partial charge in [0.25, 0.3) is 0 Å². The zero-order chi connectivity index (χ0) is 51.7. The van der Waals surface area contributed by atoms with E-state index in [9.17, 15) is 0 Å². The predicted molar refractivity (Wildman–Crippen MR) is 312 cm³/mol. The number of para-hydroxylation sites is 1. The minimum atomic E-state index is -0.613. The van der Waals surface area contributed by atoms with Crippen molar-refractivity contribution in [2.24, 2.45) is 0 Å². The molecule has 1 heterocycles. The van der Waals surface area contributed by atoms with Crippen molar-refractivity contribution in [3.8, 4) is 11.1 Å². The van der Waals surface area contributed by atoms with Crippen LogP contribution in [0.1, 0.15) is 151 Å². The second kappa shape index (κ2) is 16.8. The average Bonchev–Trinajstić information content (AvgIpc) is 4.03. The molecule has 0 radical (unpaired) electrons. The average molecular weight is 967 g/mol. The second-order valence-electron chi connectivity index (χ2n) is 25.4. The number of furan rings is 1. The highest BCUT2D eigenvalue weighted by Gasteiger charge is 2.56. The Labute approximate surface area is 440 Å². The van der Waals surface area contributed by atoms with Crippen LogP contribution in [0.3, 0.4) is 0 Å². The first-order valence-corrected chi connectivity index (χ1v) is 26.8. The molecule has 0 aliphatic heterocycles. The van der Waals surface area contributed by atoms with Crippen molar-refractivity contribution in [3.63, 3.8) is 0 Å². The molecule has 3 nitrogen and oxygen atoms in total. The zero-order valence-electron chi connectivity index (χ0n) is 45.5. The third-order valence-electron chi connectivity index (χ3n) is 16.6. The summed E-state index contributed by atoms with van der Waals surface area (Å²) in [5, 5.41) is 1.16. The highest BCUT2D eigenvalue weighted by Crippen LogP contribution is 2.67. The molecule has 0 amide bonds. The van der Waals surface area contributed by atoms with Gasteiger partial charge in [-0.3, -0.25) is 0 Å². The molecular formula is C71H70N2O. The van der Waals surface area contributed by atoms with E-state index >= 15 is 0 Å². The Balaban J connectivity index is 1.13. The molecule has 0 saturated heterocycles. The summed E-state index contributed by atoms with van der Waals surface area (Å²) in [6.07, 6.45) is 0.771. The first-order valence-electron chi connectivity index (χ1n) is 26.8. The summed E-state index contributed by atoms with van der Waals surface area (Å²) in [6, 6.07) is 71.6. The fraction of sp³-hybridized carbons (Fsp3) is 0.268. The third-order valence-corrected chi connectivity index (χ3v) is 16.6. The molecule has 1 spiro atoms. The molecule has 0 fully saturated rings. The lowest BCUT2D eigenvalue weighted by Crippen LogP contribution is -2.33. The molecule has 1 aromatic heterocycles. The lowest BCUT2D eigenvalue weighted by Gasteiger charge is -2.41. The van der Waals surface area contributed by atoms with E-state index in [2.05, 4.69) is 281 Å². The van der Waals surface area contributed by atoms with Crippen LogP contribution in [0.15, 0.2) is 198 Å². The zero-order valence-corrected chi connectivity index (χ0v) is 45.5. The Morgan fingerprint density at radius 2 is 0.811 bits per heavy atom. The Morgan fingerprint density at radius 1 is 0.405 bits per heavy atom. The van der Waals surface area contributed by atoms with Crippen LogP contribution in [0.25, 0.3) is 27.7 Å². The molecule has 0 bridgehead atoms. The molecule has 3 aliphatic rings. The molecule has 8 aromatic carbocycles. The molecule has 1 unspecified atom stereocenters. The van der Waals surface area contributed by atoms with Crippen molar-refractivity contribution >= 4 is 45.0 Å². The molecule has 370 valence electrons. The van der Waals surface area contributed by atoms with Crippen LogP contribution in [-0.2, 0) is 27.1 Å². The van der Waals surface area contributed by atoms with Gasteiger partial charge in [-0.2, -0.15) is 0 Å². The SMILES string of the molecule is CC(C)(C)c1ccc(N(c2ccc(C(C)(C)C)cc2)c2ccc3c(c2)C2(C4=C3c3oc5ccccc5c3C(N(c3ccc(C(C)(C)C)cc3)c3ccc(C(C)(C)C)cc3)C4)c3ccccc3-c3ccccc32)cc1. The summed E-state index contributed by atoms with van der Waals surface area (Å²) >= 11 is 0. The normalized spacial score (nSPS) is 15.7. The molecule has 1 atom stereocenters. The highest BCUT2D eigenvalue weighted by molar-refractivity contribution is 6.03. The molecular weight excluding hydrogens is 897 g/mol. The molecule has 12 rings (SSSR count). The minimum Gasteiger partial charge on any atom is -0.456 e. The minimum absolute atomic E-state index is 0.0155. The van der Waals surface area contributed by atoms with Crippen molar-refractivity contribution < 1.29 is 4.42 Å². The first kappa shape index (κ1) is 47.6. The Morgan fingerprint density at radius 3 is 1.27 bits per heavy atom. The van der Waals surface area contributed by atoms with Gasteiger partial charge in [0.05, 0.1) is 11.5 Å². The van der Waals surface area contributed by atoms with E-state index in [1.807, 2.05) is 0 Å². The van der Waals surface area contributed by atoms with Crippen LogP contribution >= 0.6 is 0 Å². The maximum Gasteiger partial charge on any atom is 0.141 e. The maximum atomic E-state index is 7.42. The van der Waals surface area contributed by atoms with Crippen molar-refractivity contribution in [1.29, 1.82) is 0 Å². The standard InChI is InChI=1S/C71H70N2O/c1-67(2,3)45-25-33-49(34-26-45)72(50-35-27-46(28-36-50)68(4,5)6)53-41-42-56-60(43-53)71(58-22-16-13-19-54(58)55-20-14-17-23-59(55)71)61-44-62(65-57-21-15-18-24-63(57)74-66(65)64(56)61)73(51-37-29-47(30-38-51)69(7,8)9)52-39-31-48(32-40-52)70(10,11)12/h13-43,62H,44H2,1-12H3. The van der Waals surface area contributed by atoms with Gasteiger partial charge in [0.2, 0.25) is 0 Å². The van der Waals surface area contributed by atoms with Crippen molar-refractivity contribution in [2.75, 3.05) is 9.80 Å². The van der Waals surface area contributed by atoms with E-state index in [1.54, 1.807) is 0 Å². The summed E-state index contributed by atoms with van der Waals surface area (Å²) in [4.78, 5) is 5.10. The van der Waals surface area contributed by atoms with E-state index in [1.165, 1.54) is 72.3 Å². The Hall–Kier alpha value is -7.36. The van der Waals surface area contributed by atoms with Gasteiger partial charge in [-0.05, 0) is 156 Å². The number of nitrogens with zero attached hydrogens (tertiary/aromatic N) is 2. The summed E-state index contributed by atoms with van der Waals surface area (Å²) in [5.41, 5.74) is 23.0. The van der Waals surface area contributed by atoms with E-state index in [0.29, 0.717) is 0 Å². The van der Waals surface area contributed by atoms with Crippen LogP contribution < -0.4 is 9.80 Å². The van der Waals surface area contributed by atoms with Crippen LogP contribution in [-0.4, -0.2) is 0 Å². The lowest BCUT2D eigenvalue weighted by molar-refractivity contribution is 0.557. The monoisotopic (exact) mass is 967 g/mol. The molecule has 3 aliphatic carbocycles. The van der Waals surface area contributed by atoms with Crippen LogP contribution in [0.5, 0.6) is 0 Å². The van der Waals surface area contributed by atoms with Gasteiger partial charge >= 0.3 is 0 Å². The number of hydrogen-bond donors (Lipinski definition) is 0. The van der Waals surface area contributed by atoms with Crippen molar-refractivity contribution in [1.82, 2.24) is 0 Å².